The number of carbonyl (C=O) groups is 1. The van der Waals surface area contributed by atoms with E-state index in [9.17, 15) is 4.79 Å². The van der Waals surface area contributed by atoms with E-state index in [1.165, 1.54) is 6.20 Å². The summed E-state index contributed by atoms with van der Waals surface area (Å²) < 4.78 is 11.3. The minimum atomic E-state index is -0.0879. The number of hydrogen-bond donors (Lipinski definition) is 0. The molecule has 3 aromatic rings. The summed E-state index contributed by atoms with van der Waals surface area (Å²) >= 11 is 0. The van der Waals surface area contributed by atoms with Crippen molar-refractivity contribution in [3.05, 3.63) is 66.4 Å². The number of nitriles is 1. The predicted molar refractivity (Wildman–Crippen MR) is 99.4 cm³/mol. The van der Waals surface area contributed by atoms with Gasteiger partial charge >= 0.3 is 0 Å². The molecule has 0 spiro atoms. The summed E-state index contributed by atoms with van der Waals surface area (Å²) in [6, 6.07) is 19.1. The van der Waals surface area contributed by atoms with Crippen molar-refractivity contribution in [2.24, 2.45) is 0 Å². The summed E-state index contributed by atoms with van der Waals surface area (Å²) in [5.74, 6) is 1.06. The molecule has 0 N–H and O–H groups in total. The minimum absolute atomic E-state index is 0.000175. The second-order valence-electron chi connectivity index (χ2n) is 6.33. The average molecular weight is 359 g/mol. The zero-order chi connectivity index (χ0) is 18.6. The molecule has 4 rings (SSSR count). The maximum absolute atomic E-state index is 12.2. The molecule has 0 unspecified atom stereocenters. The standard InChI is InChI=1S/C21H17N3O3/c22-10-15-5-8-20(23-11-15)27-19-12-24(13-19)21(25)14-26-18-7-6-16-3-1-2-4-17(16)9-18/h1-9,11,19H,12-14H2. The molecule has 0 atom stereocenters. The number of ether oxygens (including phenoxy) is 2. The van der Waals surface area contributed by atoms with Crippen molar-refractivity contribution >= 4 is 16.7 Å². The minimum Gasteiger partial charge on any atom is -0.484 e. The Morgan fingerprint density at radius 3 is 2.70 bits per heavy atom. The van der Waals surface area contributed by atoms with Crippen molar-refractivity contribution in [3.63, 3.8) is 0 Å². The predicted octanol–water partition coefficient (Wildman–Crippen LogP) is 2.78. The molecule has 1 saturated heterocycles. The van der Waals surface area contributed by atoms with E-state index >= 15 is 0 Å². The van der Waals surface area contributed by atoms with Crippen molar-refractivity contribution < 1.29 is 14.3 Å². The Balaban J connectivity index is 1.25. The fourth-order valence-electron chi connectivity index (χ4n) is 2.90. The normalized spacial score (nSPS) is 13.7. The summed E-state index contributed by atoms with van der Waals surface area (Å²) in [5.41, 5.74) is 0.485. The number of pyridine rings is 1. The van der Waals surface area contributed by atoms with Crippen LogP contribution in [0.4, 0.5) is 0 Å². The molecule has 0 saturated carbocycles. The van der Waals surface area contributed by atoms with Crippen molar-refractivity contribution in [1.29, 1.82) is 5.26 Å². The maximum atomic E-state index is 12.2. The third-order valence-electron chi connectivity index (χ3n) is 4.44. The molecular weight excluding hydrogens is 342 g/mol. The SMILES string of the molecule is N#Cc1ccc(OC2CN(C(=O)COc3ccc4ccccc4c3)C2)nc1. The van der Waals surface area contributed by atoms with E-state index in [1.54, 1.807) is 17.0 Å². The van der Waals surface area contributed by atoms with Crippen molar-refractivity contribution in [2.45, 2.75) is 6.10 Å². The van der Waals surface area contributed by atoms with Gasteiger partial charge < -0.3 is 14.4 Å². The molecule has 27 heavy (non-hydrogen) atoms. The van der Waals surface area contributed by atoms with E-state index in [1.807, 2.05) is 48.5 Å². The second-order valence-corrected chi connectivity index (χ2v) is 6.33. The molecule has 6 heteroatoms. The van der Waals surface area contributed by atoms with Crippen LogP contribution in [-0.4, -0.2) is 41.6 Å². The molecule has 2 heterocycles. The molecule has 1 aliphatic rings. The van der Waals surface area contributed by atoms with Gasteiger partial charge in [-0.3, -0.25) is 4.79 Å². The molecule has 0 aliphatic carbocycles. The van der Waals surface area contributed by atoms with Crippen LogP contribution < -0.4 is 9.47 Å². The van der Waals surface area contributed by atoms with E-state index in [4.69, 9.17) is 14.7 Å². The lowest BCUT2D eigenvalue weighted by molar-refractivity contribution is -0.142. The summed E-state index contributed by atoms with van der Waals surface area (Å²) in [6.45, 7) is 1.00. The monoisotopic (exact) mass is 359 g/mol. The van der Waals surface area contributed by atoms with Crippen molar-refractivity contribution in [2.75, 3.05) is 19.7 Å². The Kier molecular flexibility index (Phi) is 4.58. The van der Waals surface area contributed by atoms with Gasteiger partial charge in [0, 0.05) is 12.3 Å². The number of amides is 1. The lowest BCUT2D eigenvalue weighted by Gasteiger charge is -2.38. The summed E-state index contributed by atoms with van der Waals surface area (Å²) in [7, 11) is 0. The highest BCUT2D eigenvalue weighted by molar-refractivity contribution is 5.84. The largest absolute Gasteiger partial charge is 0.484 e. The molecule has 1 aliphatic heterocycles. The van der Waals surface area contributed by atoms with E-state index in [0.717, 1.165) is 10.8 Å². The average Bonchev–Trinajstić information content (AvgIpc) is 2.69. The second kappa shape index (κ2) is 7.34. The Morgan fingerprint density at radius 2 is 1.96 bits per heavy atom. The highest BCUT2D eigenvalue weighted by Gasteiger charge is 2.32. The summed E-state index contributed by atoms with van der Waals surface area (Å²) in [6.07, 6.45) is 1.38. The van der Waals surface area contributed by atoms with Gasteiger partial charge in [-0.1, -0.05) is 30.3 Å². The number of hydrogen-bond acceptors (Lipinski definition) is 5. The lowest BCUT2D eigenvalue weighted by atomic mass is 10.1. The van der Waals surface area contributed by atoms with Gasteiger partial charge in [0.25, 0.3) is 5.91 Å². The highest BCUT2D eigenvalue weighted by atomic mass is 16.5. The molecule has 1 amide bonds. The zero-order valence-corrected chi connectivity index (χ0v) is 14.5. The van der Waals surface area contributed by atoms with Crippen LogP contribution in [-0.2, 0) is 4.79 Å². The third-order valence-corrected chi connectivity index (χ3v) is 4.44. The molecule has 6 nitrogen and oxygen atoms in total. The molecule has 1 aromatic heterocycles. The fourth-order valence-corrected chi connectivity index (χ4v) is 2.90. The van der Waals surface area contributed by atoms with Crippen LogP contribution in [0, 0.1) is 11.3 Å². The first-order chi connectivity index (χ1) is 13.2. The first kappa shape index (κ1) is 16.9. The van der Waals surface area contributed by atoms with Crippen LogP contribution in [0.3, 0.4) is 0 Å². The Labute approximate surface area is 156 Å². The molecule has 0 radical (unpaired) electrons. The van der Waals surface area contributed by atoms with Crippen LogP contribution in [0.5, 0.6) is 11.6 Å². The molecular formula is C21H17N3O3. The summed E-state index contributed by atoms with van der Waals surface area (Å²) in [5, 5.41) is 11.0. The quantitative estimate of drug-likeness (QED) is 0.700. The number of likely N-dealkylation sites (tertiary alicyclic amines) is 1. The molecule has 0 bridgehead atoms. The molecule has 1 fully saturated rings. The van der Waals surface area contributed by atoms with Crippen molar-refractivity contribution in [1.82, 2.24) is 9.88 Å². The Morgan fingerprint density at radius 1 is 1.15 bits per heavy atom. The maximum Gasteiger partial charge on any atom is 0.260 e. The first-order valence-corrected chi connectivity index (χ1v) is 8.63. The summed E-state index contributed by atoms with van der Waals surface area (Å²) in [4.78, 5) is 18.0. The Hall–Kier alpha value is -3.59. The number of rotatable bonds is 5. The number of nitrogens with zero attached hydrogens (tertiary/aromatic N) is 3. The van der Waals surface area contributed by atoms with Crippen LogP contribution in [0.2, 0.25) is 0 Å². The van der Waals surface area contributed by atoms with Crippen molar-refractivity contribution in [3.8, 4) is 17.7 Å². The van der Waals surface area contributed by atoms with Crippen LogP contribution >= 0.6 is 0 Å². The van der Waals surface area contributed by atoms with Crippen LogP contribution in [0.25, 0.3) is 10.8 Å². The van der Waals surface area contributed by atoms with Gasteiger partial charge in [0.05, 0.1) is 18.7 Å². The Bertz CT molecular complexity index is 1010. The van der Waals surface area contributed by atoms with E-state index in [2.05, 4.69) is 4.98 Å². The third kappa shape index (κ3) is 3.82. The van der Waals surface area contributed by atoms with Gasteiger partial charge in [0.1, 0.15) is 17.9 Å². The van der Waals surface area contributed by atoms with Crippen LogP contribution in [0.15, 0.2) is 60.8 Å². The number of fused-ring (bicyclic) bond motifs is 1. The van der Waals surface area contributed by atoms with Gasteiger partial charge in [-0.2, -0.15) is 5.26 Å². The number of aromatic nitrogens is 1. The van der Waals surface area contributed by atoms with E-state index in [0.29, 0.717) is 30.3 Å². The zero-order valence-electron chi connectivity index (χ0n) is 14.5. The van der Waals surface area contributed by atoms with E-state index in [-0.39, 0.29) is 18.6 Å². The van der Waals surface area contributed by atoms with Gasteiger partial charge in [-0.25, -0.2) is 4.98 Å². The molecule has 134 valence electrons. The fraction of sp³-hybridized carbons (Fsp3) is 0.190. The smallest absolute Gasteiger partial charge is 0.260 e. The number of benzene rings is 2. The highest BCUT2D eigenvalue weighted by Crippen LogP contribution is 2.21. The lowest BCUT2D eigenvalue weighted by Crippen LogP contribution is -2.57. The van der Waals surface area contributed by atoms with Crippen LogP contribution in [0.1, 0.15) is 5.56 Å². The van der Waals surface area contributed by atoms with Gasteiger partial charge in [-0.05, 0) is 29.0 Å². The van der Waals surface area contributed by atoms with Gasteiger partial charge in [-0.15, -0.1) is 0 Å². The topological polar surface area (TPSA) is 75.5 Å². The van der Waals surface area contributed by atoms with Gasteiger partial charge in [0.15, 0.2) is 6.61 Å². The number of carbonyl (C=O) groups excluding carboxylic acids is 1. The molecule has 2 aromatic carbocycles. The first-order valence-electron chi connectivity index (χ1n) is 8.63. The van der Waals surface area contributed by atoms with Gasteiger partial charge in [0.2, 0.25) is 5.88 Å². The van der Waals surface area contributed by atoms with E-state index < -0.39 is 0 Å².